The van der Waals surface area contributed by atoms with Gasteiger partial charge in [0, 0.05) is 13.5 Å². The van der Waals surface area contributed by atoms with Crippen molar-refractivity contribution in [3.8, 4) is 23.0 Å². The van der Waals surface area contributed by atoms with Gasteiger partial charge in [0.05, 0.1) is 19.9 Å². The third kappa shape index (κ3) is 7.43. The molecule has 0 aliphatic heterocycles. The SMILES string of the molecule is CN=C(N)Nc1cc(CC(C=CC(=O)CCc2ccc(O)c(OC)c2)C(C)C)cc(OC)c1O. The summed E-state index contributed by atoms with van der Waals surface area (Å²) >= 11 is 0. The number of hydrogen-bond acceptors (Lipinski definition) is 6. The first kappa shape index (κ1) is 26.6. The summed E-state index contributed by atoms with van der Waals surface area (Å²) in [5, 5.41) is 23.0. The summed E-state index contributed by atoms with van der Waals surface area (Å²) in [7, 11) is 4.53. The molecule has 1 atom stereocenters. The Bertz CT molecular complexity index is 1050. The van der Waals surface area contributed by atoms with E-state index in [1.807, 2.05) is 6.08 Å². The molecule has 34 heavy (non-hydrogen) atoms. The molecule has 1 unspecified atom stereocenters. The number of phenolic OH excluding ortho intramolecular Hbond substituents is 2. The van der Waals surface area contributed by atoms with Crippen molar-refractivity contribution in [2.24, 2.45) is 22.6 Å². The molecule has 0 bridgehead atoms. The molecule has 0 spiro atoms. The van der Waals surface area contributed by atoms with Gasteiger partial charge in [-0.05, 0) is 66.1 Å². The molecule has 0 aromatic heterocycles. The predicted octanol–water partition coefficient (Wildman–Crippen LogP) is 4.04. The molecule has 184 valence electrons. The van der Waals surface area contributed by atoms with Gasteiger partial charge < -0.3 is 30.7 Å². The van der Waals surface area contributed by atoms with E-state index in [2.05, 4.69) is 24.2 Å². The Labute approximate surface area is 201 Å². The minimum atomic E-state index is -0.0458. The van der Waals surface area contributed by atoms with Crippen LogP contribution in [-0.2, 0) is 17.6 Å². The first-order valence-electron chi connectivity index (χ1n) is 11.1. The lowest BCUT2D eigenvalue weighted by Gasteiger charge is -2.19. The number of methoxy groups -OCH3 is 2. The van der Waals surface area contributed by atoms with Gasteiger partial charge in [-0.3, -0.25) is 9.79 Å². The maximum atomic E-state index is 12.5. The van der Waals surface area contributed by atoms with Crippen LogP contribution in [0, 0.1) is 11.8 Å². The van der Waals surface area contributed by atoms with Gasteiger partial charge in [-0.1, -0.05) is 26.0 Å². The number of phenols is 2. The zero-order valence-electron chi connectivity index (χ0n) is 20.5. The second-order valence-electron chi connectivity index (χ2n) is 8.37. The Morgan fingerprint density at radius 2 is 1.79 bits per heavy atom. The minimum absolute atomic E-state index is 0.0234. The number of rotatable bonds is 11. The van der Waals surface area contributed by atoms with Crippen molar-refractivity contribution >= 4 is 17.4 Å². The number of allylic oxidation sites excluding steroid dienone is 2. The molecule has 0 aliphatic carbocycles. The maximum Gasteiger partial charge on any atom is 0.192 e. The third-order valence-electron chi connectivity index (χ3n) is 5.62. The Hall–Kier alpha value is -3.68. The first-order chi connectivity index (χ1) is 16.2. The molecule has 5 N–H and O–H groups in total. The van der Waals surface area contributed by atoms with Gasteiger partial charge in [0.1, 0.15) is 0 Å². The van der Waals surface area contributed by atoms with Crippen molar-refractivity contribution in [2.75, 3.05) is 26.6 Å². The molecule has 8 heteroatoms. The number of nitrogens with two attached hydrogens (primary N) is 1. The Balaban J connectivity index is 2.11. The molecule has 0 heterocycles. The Morgan fingerprint density at radius 3 is 2.41 bits per heavy atom. The van der Waals surface area contributed by atoms with Crippen molar-refractivity contribution in [3.63, 3.8) is 0 Å². The fourth-order valence-electron chi connectivity index (χ4n) is 3.48. The van der Waals surface area contributed by atoms with Crippen LogP contribution in [0.2, 0.25) is 0 Å². The van der Waals surface area contributed by atoms with E-state index in [-0.39, 0.29) is 35.1 Å². The van der Waals surface area contributed by atoms with Crippen molar-refractivity contribution in [1.29, 1.82) is 0 Å². The fourth-order valence-corrected chi connectivity index (χ4v) is 3.48. The van der Waals surface area contributed by atoms with E-state index in [1.54, 1.807) is 43.5 Å². The quantitative estimate of drug-likeness (QED) is 0.169. The summed E-state index contributed by atoms with van der Waals surface area (Å²) in [5.74, 6) is 1.32. The van der Waals surface area contributed by atoms with E-state index in [0.29, 0.717) is 36.4 Å². The van der Waals surface area contributed by atoms with E-state index in [9.17, 15) is 15.0 Å². The normalized spacial score (nSPS) is 12.7. The third-order valence-corrected chi connectivity index (χ3v) is 5.62. The van der Waals surface area contributed by atoms with Gasteiger partial charge in [-0.15, -0.1) is 0 Å². The van der Waals surface area contributed by atoms with E-state index >= 15 is 0 Å². The van der Waals surface area contributed by atoms with Crippen LogP contribution in [0.3, 0.4) is 0 Å². The molecule has 0 fully saturated rings. The lowest BCUT2D eigenvalue weighted by molar-refractivity contribution is -0.114. The molecule has 0 amide bonds. The Kier molecular flexibility index (Phi) is 9.79. The topological polar surface area (TPSA) is 126 Å². The molecule has 0 aliphatic rings. The molecular weight excluding hydrogens is 434 g/mol. The number of benzene rings is 2. The van der Waals surface area contributed by atoms with E-state index < -0.39 is 0 Å². The van der Waals surface area contributed by atoms with Gasteiger partial charge in [-0.25, -0.2) is 0 Å². The van der Waals surface area contributed by atoms with Crippen molar-refractivity contribution in [1.82, 2.24) is 0 Å². The summed E-state index contributed by atoms with van der Waals surface area (Å²) in [5.41, 5.74) is 8.01. The highest BCUT2D eigenvalue weighted by Crippen LogP contribution is 2.36. The molecular formula is C26H35N3O5. The number of aliphatic imine (C=N–C) groups is 1. The van der Waals surface area contributed by atoms with Gasteiger partial charge in [0.15, 0.2) is 34.7 Å². The van der Waals surface area contributed by atoms with Crippen molar-refractivity contribution in [2.45, 2.75) is 33.1 Å². The molecule has 0 saturated heterocycles. The van der Waals surface area contributed by atoms with Crippen LogP contribution < -0.4 is 20.5 Å². The minimum Gasteiger partial charge on any atom is -0.504 e. The zero-order valence-corrected chi connectivity index (χ0v) is 20.5. The van der Waals surface area contributed by atoms with Crippen LogP contribution >= 0.6 is 0 Å². The van der Waals surface area contributed by atoms with Crippen LogP contribution in [0.1, 0.15) is 31.4 Å². The van der Waals surface area contributed by atoms with Crippen molar-refractivity contribution < 1.29 is 24.5 Å². The van der Waals surface area contributed by atoms with Gasteiger partial charge in [-0.2, -0.15) is 0 Å². The van der Waals surface area contributed by atoms with Crippen LogP contribution in [0.5, 0.6) is 23.0 Å². The maximum absolute atomic E-state index is 12.5. The summed E-state index contributed by atoms with van der Waals surface area (Å²) in [6, 6.07) is 8.68. The molecule has 2 rings (SSSR count). The van der Waals surface area contributed by atoms with E-state index in [4.69, 9.17) is 15.2 Å². The van der Waals surface area contributed by atoms with Gasteiger partial charge >= 0.3 is 0 Å². The zero-order chi connectivity index (χ0) is 25.3. The van der Waals surface area contributed by atoms with Gasteiger partial charge in [0.2, 0.25) is 0 Å². The fraction of sp³-hybridized carbons (Fsp3) is 0.385. The molecule has 8 nitrogen and oxygen atoms in total. The van der Waals surface area contributed by atoms with Crippen LogP contribution in [0.25, 0.3) is 0 Å². The number of ketones is 1. The monoisotopic (exact) mass is 469 g/mol. The standard InChI is InChI=1S/C26H35N3O5/c1-16(2)19(8-10-20(30)9-6-17-7-11-22(31)23(14-17)33-4)12-18-13-21(29-26(27)28-3)25(32)24(15-18)34-5/h7-8,10-11,13-16,19,31-32H,6,9,12H2,1-5H3,(H3,27,28,29). The number of ether oxygens (including phenoxy) is 2. The molecule has 0 radical (unpaired) electrons. The second kappa shape index (κ2) is 12.5. The van der Waals surface area contributed by atoms with Crippen LogP contribution in [0.4, 0.5) is 5.69 Å². The van der Waals surface area contributed by atoms with Gasteiger partial charge in [0.25, 0.3) is 0 Å². The largest absolute Gasteiger partial charge is 0.504 e. The number of guanidine groups is 1. The summed E-state index contributed by atoms with van der Waals surface area (Å²) in [6.45, 7) is 4.20. The number of carbonyl (C=O) groups excluding carboxylic acids is 1. The number of carbonyl (C=O) groups is 1. The number of nitrogens with one attached hydrogen (secondary N) is 1. The lowest BCUT2D eigenvalue weighted by atomic mass is 9.88. The summed E-state index contributed by atoms with van der Waals surface area (Å²) in [6.07, 6.45) is 5.13. The molecule has 2 aromatic rings. The highest BCUT2D eigenvalue weighted by atomic mass is 16.5. The molecule has 0 saturated carbocycles. The van der Waals surface area contributed by atoms with E-state index in [0.717, 1.165) is 11.1 Å². The van der Waals surface area contributed by atoms with Crippen molar-refractivity contribution in [3.05, 3.63) is 53.6 Å². The first-order valence-corrected chi connectivity index (χ1v) is 11.1. The number of hydrogen-bond donors (Lipinski definition) is 4. The number of nitrogens with zero attached hydrogens (tertiary/aromatic N) is 1. The van der Waals surface area contributed by atoms with Crippen LogP contribution in [0.15, 0.2) is 47.5 Å². The highest BCUT2D eigenvalue weighted by molar-refractivity contribution is 5.94. The average molecular weight is 470 g/mol. The van der Waals surface area contributed by atoms with Crippen LogP contribution in [-0.4, -0.2) is 43.2 Å². The lowest BCUT2D eigenvalue weighted by Crippen LogP contribution is -2.22. The number of anilines is 1. The number of aromatic hydroxyl groups is 2. The summed E-state index contributed by atoms with van der Waals surface area (Å²) in [4.78, 5) is 16.4. The summed E-state index contributed by atoms with van der Waals surface area (Å²) < 4.78 is 10.4. The smallest absolute Gasteiger partial charge is 0.192 e. The highest BCUT2D eigenvalue weighted by Gasteiger charge is 2.16. The Morgan fingerprint density at radius 1 is 1.12 bits per heavy atom. The second-order valence-corrected chi connectivity index (χ2v) is 8.37. The number of aryl methyl sites for hydroxylation is 1. The average Bonchev–Trinajstić information content (AvgIpc) is 2.82. The van der Waals surface area contributed by atoms with E-state index in [1.165, 1.54) is 14.2 Å². The predicted molar refractivity (Wildman–Crippen MR) is 135 cm³/mol. The molecule has 2 aromatic carbocycles.